The van der Waals surface area contributed by atoms with E-state index in [1.807, 2.05) is 12.1 Å². The van der Waals surface area contributed by atoms with E-state index in [0.717, 1.165) is 5.69 Å². The number of hydrogen-bond donors (Lipinski definition) is 2. The summed E-state index contributed by atoms with van der Waals surface area (Å²) in [5.74, 6) is -0.316. The van der Waals surface area contributed by atoms with E-state index in [1.54, 1.807) is 12.1 Å². The molecule has 0 fully saturated rings. The van der Waals surface area contributed by atoms with Crippen LogP contribution >= 0.6 is 11.6 Å². The lowest BCUT2D eigenvalue weighted by molar-refractivity contribution is 0.102. The molecule has 7 heteroatoms. The molecule has 0 unspecified atom stereocenters. The SMILES string of the molecule is O=C(Nc1ccc(F)cc1)c1cnc(Nc2cccc(Cl)c2)cn1. The normalized spacial score (nSPS) is 10.2. The van der Waals surface area contributed by atoms with Crippen molar-refractivity contribution in [2.24, 2.45) is 0 Å². The van der Waals surface area contributed by atoms with E-state index in [2.05, 4.69) is 20.6 Å². The molecule has 5 nitrogen and oxygen atoms in total. The van der Waals surface area contributed by atoms with Gasteiger partial charge in [0.1, 0.15) is 17.3 Å². The van der Waals surface area contributed by atoms with Crippen molar-refractivity contribution in [2.45, 2.75) is 0 Å². The minimum atomic E-state index is -0.427. The summed E-state index contributed by atoms with van der Waals surface area (Å²) >= 11 is 5.91. The van der Waals surface area contributed by atoms with Crippen LogP contribution in [0.25, 0.3) is 0 Å². The van der Waals surface area contributed by atoms with Gasteiger partial charge in [-0.1, -0.05) is 17.7 Å². The summed E-state index contributed by atoms with van der Waals surface area (Å²) in [5.41, 5.74) is 1.39. The van der Waals surface area contributed by atoms with Crippen LogP contribution in [0.15, 0.2) is 60.9 Å². The zero-order valence-electron chi connectivity index (χ0n) is 12.3. The minimum Gasteiger partial charge on any atom is -0.339 e. The molecule has 1 aromatic heterocycles. The van der Waals surface area contributed by atoms with Crippen LogP contribution in [0.1, 0.15) is 10.5 Å². The molecule has 0 aliphatic heterocycles. The first kappa shape index (κ1) is 15.9. The predicted molar refractivity (Wildman–Crippen MR) is 91.1 cm³/mol. The van der Waals surface area contributed by atoms with Gasteiger partial charge in [0, 0.05) is 16.4 Å². The summed E-state index contributed by atoms with van der Waals surface area (Å²) < 4.78 is 12.8. The van der Waals surface area contributed by atoms with Gasteiger partial charge in [-0.25, -0.2) is 14.4 Å². The third-order valence-electron chi connectivity index (χ3n) is 3.08. The molecule has 0 radical (unpaired) electrons. The Balaban J connectivity index is 1.67. The van der Waals surface area contributed by atoms with Gasteiger partial charge >= 0.3 is 0 Å². The fourth-order valence-electron chi connectivity index (χ4n) is 1.95. The number of rotatable bonds is 4. The number of hydrogen-bond acceptors (Lipinski definition) is 4. The van der Waals surface area contributed by atoms with Crippen molar-refractivity contribution in [2.75, 3.05) is 10.6 Å². The fourth-order valence-corrected chi connectivity index (χ4v) is 2.14. The highest BCUT2D eigenvalue weighted by molar-refractivity contribution is 6.30. The Morgan fingerprint density at radius 3 is 2.46 bits per heavy atom. The van der Waals surface area contributed by atoms with Crippen LogP contribution < -0.4 is 10.6 Å². The van der Waals surface area contributed by atoms with Gasteiger partial charge in [-0.05, 0) is 42.5 Å². The average molecular weight is 343 g/mol. The molecule has 0 saturated carbocycles. The third-order valence-corrected chi connectivity index (χ3v) is 3.32. The Bertz CT molecular complexity index is 853. The van der Waals surface area contributed by atoms with Crippen molar-refractivity contribution in [3.05, 3.63) is 77.5 Å². The number of halogens is 2. The van der Waals surface area contributed by atoms with Gasteiger partial charge in [-0.3, -0.25) is 4.79 Å². The van der Waals surface area contributed by atoms with Crippen LogP contribution in [0, 0.1) is 5.82 Å². The first-order valence-corrected chi connectivity index (χ1v) is 7.39. The molecule has 120 valence electrons. The van der Waals surface area contributed by atoms with Crippen molar-refractivity contribution in [1.29, 1.82) is 0 Å². The fraction of sp³-hybridized carbons (Fsp3) is 0. The number of carbonyl (C=O) groups is 1. The van der Waals surface area contributed by atoms with Gasteiger partial charge in [0.2, 0.25) is 0 Å². The number of nitrogens with zero attached hydrogens (tertiary/aromatic N) is 2. The van der Waals surface area contributed by atoms with E-state index in [4.69, 9.17) is 11.6 Å². The van der Waals surface area contributed by atoms with Crippen LogP contribution in [-0.2, 0) is 0 Å². The minimum absolute atomic E-state index is 0.149. The lowest BCUT2D eigenvalue weighted by Crippen LogP contribution is -2.14. The Morgan fingerprint density at radius 1 is 1.00 bits per heavy atom. The highest BCUT2D eigenvalue weighted by Crippen LogP contribution is 2.18. The number of amides is 1. The maximum atomic E-state index is 12.8. The van der Waals surface area contributed by atoms with Gasteiger partial charge in [0.25, 0.3) is 5.91 Å². The van der Waals surface area contributed by atoms with E-state index in [1.165, 1.54) is 36.7 Å². The highest BCUT2D eigenvalue weighted by atomic mass is 35.5. The summed E-state index contributed by atoms with van der Waals surface area (Å²) in [7, 11) is 0. The summed E-state index contributed by atoms with van der Waals surface area (Å²) in [6.07, 6.45) is 2.80. The van der Waals surface area contributed by atoms with Crippen LogP contribution in [-0.4, -0.2) is 15.9 Å². The first-order valence-electron chi connectivity index (χ1n) is 7.02. The molecule has 0 aliphatic rings. The number of aromatic nitrogens is 2. The van der Waals surface area contributed by atoms with Crippen LogP contribution in [0.2, 0.25) is 5.02 Å². The topological polar surface area (TPSA) is 66.9 Å². The van der Waals surface area contributed by atoms with Crippen molar-refractivity contribution in [3.63, 3.8) is 0 Å². The molecular formula is C17H12ClFN4O. The van der Waals surface area contributed by atoms with Crippen molar-refractivity contribution >= 4 is 34.7 Å². The standard InChI is InChI=1S/C17H12ClFN4O/c18-11-2-1-3-14(8-11)22-16-10-20-15(9-21-16)17(24)23-13-6-4-12(19)5-7-13/h1-10H,(H,21,22)(H,23,24). The van der Waals surface area contributed by atoms with E-state index in [0.29, 0.717) is 16.5 Å². The Morgan fingerprint density at radius 2 is 1.79 bits per heavy atom. The van der Waals surface area contributed by atoms with E-state index >= 15 is 0 Å². The van der Waals surface area contributed by atoms with Gasteiger partial charge in [-0.2, -0.15) is 0 Å². The number of anilines is 3. The molecule has 0 atom stereocenters. The quantitative estimate of drug-likeness (QED) is 0.743. The molecule has 0 aliphatic carbocycles. The van der Waals surface area contributed by atoms with Gasteiger partial charge in [0.05, 0.1) is 12.4 Å². The first-order chi connectivity index (χ1) is 11.6. The van der Waals surface area contributed by atoms with Crippen molar-refractivity contribution < 1.29 is 9.18 Å². The summed E-state index contributed by atoms with van der Waals surface area (Å²) in [6.45, 7) is 0. The van der Waals surface area contributed by atoms with Gasteiger partial charge in [-0.15, -0.1) is 0 Å². The molecule has 3 rings (SSSR count). The number of nitrogens with one attached hydrogen (secondary N) is 2. The monoisotopic (exact) mass is 342 g/mol. The predicted octanol–water partition coefficient (Wildman–Crippen LogP) is 4.27. The second-order valence-corrected chi connectivity index (χ2v) is 5.32. The molecule has 2 N–H and O–H groups in total. The molecule has 2 aromatic carbocycles. The number of benzene rings is 2. The maximum Gasteiger partial charge on any atom is 0.275 e. The molecule has 24 heavy (non-hydrogen) atoms. The lowest BCUT2D eigenvalue weighted by Gasteiger charge is -2.07. The molecular weight excluding hydrogens is 331 g/mol. The largest absolute Gasteiger partial charge is 0.339 e. The molecule has 3 aromatic rings. The highest BCUT2D eigenvalue weighted by Gasteiger charge is 2.09. The molecule has 0 spiro atoms. The summed E-state index contributed by atoms with van der Waals surface area (Å²) in [6, 6.07) is 12.6. The summed E-state index contributed by atoms with van der Waals surface area (Å²) in [4.78, 5) is 20.3. The Labute approximate surface area is 142 Å². The Hall–Kier alpha value is -2.99. The van der Waals surface area contributed by atoms with Crippen LogP contribution in [0.5, 0.6) is 0 Å². The van der Waals surface area contributed by atoms with Crippen LogP contribution in [0.3, 0.4) is 0 Å². The maximum absolute atomic E-state index is 12.8. The van der Waals surface area contributed by atoms with Crippen molar-refractivity contribution in [1.82, 2.24) is 9.97 Å². The van der Waals surface area contributed by atoms with E-state index in [-0.39, 0.29) is 11.5 Å². The van der Waals surface area contributed by atoms with Crippen LogP contribution in [0.4, 0.5) is 21.6 Å². The molecule has 1 amide bonds. The molecule has 1 heterocycles. The van der Waals surface area contributed by atoms with Crippen molar-refractivity contribution in [3.8, 4) is 0 Å². The smallest absolute Gasteiger partial charge is 0.275 e. The summed E-state index contributed by atoms with van der Waals surface area (Å²) in [5, 5.41) is 6.25. The van der Waals surface area contributed by atoms with Gasteiger partial charge < -0.3 is 10.6 Å². The van der Waals surface area contributed by atoms with Gasteiger partial charge in [0.15, 0.2) is 0 Å². The number of carbonyl (C=O) groups excluding carboxylic acids is 1. The second kappa shape index (κ2) is 7.06. The lowest BCUT2D eigenvalue weighted by atomic mass is 10.3. The molecule has 0 saturated heterocycles. The zero-order chi connectivity index (χ0) is 16.9. The van der Waals surface area contributed by atoms with E-state index in [9.17, 15) is 9.18 Å². The zero-order valence-corrected chi connectivity index (χ0v) is 13.1. The second-order valence-electron chi connectivity index (χ2n) is 4.88. The third kappa shape index (κ3) is 4.05. The Kier molecular flexibility index (Phi) is 4.67. The van der Waals surface area contributed by atoms with E-state index < -0.39 is 5.91 Å². The average Bonchev–Trinajstić information content (AvgIpc) is 2.57. The molecule has 0 bridgehead atoms.